The van der Waals surface area contributed by atoms with Gasteiger partial charge in [-0.2, -0.15) is 5.10 Å². The molecule has 1 aliphatic heterocycles. The van der Waals surface area contributed by atoms with Gasteiger partial charge in [0.25, 0.3) is 0 Å². The van der Waals surface area contributed by atoms with Gasteiger partial charge in [-0.25, -0.2) is 0 Å². The van der Waals surface area contributed by atoms with E-state index in [0.717, 1.165) is 66.9 Å². The minimum atomic E-state index is 0.0687. The molecule has 1 saturated carbocycles. The molecule has 4 rings (SSSR count). The lowest BCUT2D eigenvalue weighted by atomic mass is 9.95. The fraction of sp³-hybridized carbons (Fsp3) is 0.588. The number of nitrogens with one attached hydrogen (secondary N) is 1. The van der Waals surface area contributed by atoms with Gasteiger partial charge in [0.1, 0.15) is 0 Å². The van der Waals surface area contributed by atoms with E-state index < -0.39 is 0 Å². The lowest BCUT2D eigenvalue weighted by Crippen LogP contribution is -2.39. The molecule has 0 bridgehead atoms. The highest BCUT2D eigenvalue weighted by Gasteiger charge is 2.39. The first kappa shape index (κ1) is 14.5. The maximum atomic E-state index is 12.6. The lowest BCUT2D eigenvalue weighted by Gasteiger charge is -2.35. The summed E-state index contributed by atoms with van der Waals surface area (Å²) in [6, 6.07) is 0.0687. The standard InChI is InChI=1S/C17H22N4O2/c1-10-11(2)20-23-16(10)13-9-18-19-15(13)14-5-3-4-8-21(14)17(22)12-6-7-12/h9,12,14H,3-8H2,1-2H3,(H,18,19). The number of piperidine rings is 1. The van der Waals surface area contributed by atoms with Crippen LogP contribution in [0.2, 0.25) is 0 Å². The number of likely N-dealkylation sites (tertiary alicyclic amines) is 1. The van der Waals surface area contributed by atoms with Crippen LogP contribution in [0.3, 0.4) is 0 Å². The number of rotatable bonds is 3. The van der Waals surface area contributed by atoms with E-state index in [2.05, 4.69) is 20.3 Å². The molecule has 1 unspecified atom stereocenters. The van der Waals surface area contributed by atoms with Crippen molar-refractivity contribution in [2.75, 3.05) is 6.54 Å². The molecule has 3 heterocycles. The summed E-state index contributed by atoms with van der Waals surface area (Å²) in [4.78, 5) is 14.7. The van der Waals surface area contributed by atoms with Gasteiger partial charge in [0.15, 0.2) is 5.76 Å². The third kappa shape index (κ3) is 2.46. The van der Waals surface area contributed by atoms with Crippen LogP contribution in [-0.2, 0) is 4.79 Å². The third-order valence-corrected chi connectivity index (χ3v) is 5.12. The summed E-state index contributed by atoms with van der Waals surface area (Å²) in [7, 11) is 0. The van der Waals surface area contributed by atoms with Gasteiger partial charge in [0, 0.05) is 18.0 Å². The molecule has 0 spiro atoms. The molecule has 122 valence electrons. The smallest absolute Gasteiger partial charge is 0.226 e. The minimum Gasteiger partial charge on any atom is -0.356 e. The number of aromatic amines is 1. The van der Waals surface area contributed by atoms with Gasteiger partial charge in [0.2, 0.25) is 5.91 Å². The predicted octanol–water partition coefficient (Wildman–Crippen LogP) is 3.15. The quantitative estimate of drug-likeness (QED) is 0.944. The fourth-order valence-corrected chi connectivity index (χ4v) is 3.46. The van der Waals surface area contributed by atoms with Crippen molar-refractivity contribution in [3.63, 3.8) is 0 Å². The average molecular weight is 314 g/mol. The Hall–Kier alpha value is -2.11. The van der Waals surface area contributed by atoms with Crippen LogP contribution in [0.25, 0.3) is 11.3 Å². The molecule has 6 nitrogen and oxygen atoms in total. The normalized spacial score (nSPS) is 21.7. The van der Waals surface area contributed by atoms with Gasteiger partial charge >= 0.3 is 0 Å². The van der Waals surface area contributed by atoms with Gasteiger partial charge in [-0.3, -0.25) is 9.89 Å². The van der Waals surface area contributed by atoms with Crippen molar-refractivity contribution in [1.29, 1.82) is 0 Å². The number of H-pyrrole nitrogens is 1. The monoisotopic (exact) mass is 314 g/mol. The molecule has 6 heteroatoms. The predicted molar refractivity (Wildman–Crippen MR) is 84.6 cm³/mol. The van der Waals surface area contributed by atoms with Gasteiger partial charge in [0.05, 0.1) is 29.2 Å². The van der Waals surface area contributed by atoms with Crippen LogP contribution in [0.4, 0.5) is 0 Å². The Morgan fingerprint density at radius 1 is 1.30 bits per heavy atom. The molecule has 1 aliphatic carbocycles. The van der Waals surface area contributed by atoms with E-state index in [1.165, 1.54) is 0 Å². The summed E-state index contributed by atoms with van der Waals surface area (Å²) in [6.45, 7) is 4.78. The van der Waals surface area contributed by atoms with Crippen molar-refractivity contribution in [2.24, 2.45) is 5.92 Å². The number of hydrogen-bond donors (Lipinski definition) is 1. The van der Waals surface area contributed by atoms with Crippen LogP contribution < -0.4 is 0 Å². The molecule has 2 aromatic rings. The molecule has 0 radical (unpaired) electrons. The number of carbonyl (C=O) groups excluding carboxylic acids is 1. The minimum absolute atomic E-state index is 0.0687. The zero-order valence-electron chi connectivity index (χ0n) is 13.6. The van der Waals surface area contributed by atoms with E-state index in [0.29, 0.717) is 5.91 Å². The van der Waals surface area contributed by atoms with E-state index in [9.17, 15) is 4.79 Å². The molecule has 1 amide bonds. The molecule has 1 N–H and O–H groups in total. The van der Waals surface area contributed by atoms with E-state index in [1.54, 1.807) is 6.20 Å². The Labute approximate surface area is 135 Å². The van der Waals surface area contributed by atoms with Gasteiger partial charge in [-0.1, -0.05) is 5.16 Å². The van der Waals surface area contributed by atoms with Crippen LogP contribution in [0.5, 0.6) is 0 Å². The Morgan fingerprint density at radius 3 is 2.83 bits per heavy atom. The second-order valence-electron chi connectivity index (χ2n) is 6.74. The highest BCUT2D eigenvalue weighted by atomic mass is 16.5. The van der Waals surface area contributed by atoms with E-state index >= 15 is 0 Å². The molecule has 1 saturated heterocycles. The zero-order chi connectivity index (χ0) is 16.0. The molecule has 23 heavy (non-hydrogen) atoms. The summed E-state index contributed by atoms with van der Waals surface area (Å²) < 4.78 is 5.51. The van der Waals surface area contributed by atoms with Crippen molar-refractivity contribution < 1.29 is 9.32 Å². The molecular formula is C17H22N4O2. The summed E-state index contributed by atoms with van der Waals surface area (Å²) in [5, 5.41) is 11.4. The molecule has 2 fully saturated rings. The molecule has 1 atom stereocenters. The molecule has 2 aromatic heterocycles. The SMILES string of the molecule is Cc1noc(-c2cn[nH]c2C2CCCCN2C(=O)C2CC2)c1C. The van der Waals surface area contributed by atoms with Crippen molar-refractivity contribution in [2.45, 2.75) is 52.0 Å². The van der Waals surface area contributed by atoms with Crippen molar-refractivity contribution >= 4 is 5.91 Å². The largest absolute Gasteiger partial charge is 0.356 e. The Morgan fingerprint density at radius 2 is 2.13 bits per heavy atom. The highest BCUT2D eigenvalue weighted by Crippen LogP contribution is 2.40. The Kier molecular flexibility index (Phi) is 3.47. The van der Waals surface area contributed by atoms with Crippen molar-refractivity contribution in [1.82, 2.24) is 20.3 Å². The average Bonchev–Trinajstić information content (AvgIpc) is 3.23. The Balaban J connectivity index is 1.70. The van der Waals surface area contributed by atoms with E-state index in [-0.39, 0.29) is 12.0 Å². The molecule has 2 aliphatic rings. The zero-order valence-corrected chi connectivity index (χ0v) is 13.6. The van der Waals surface area contributed by atoms with Crippen LogP contribution >= 0.6 is 0 Å². The summed E-state index contributed by atoms with van der Waals surface area (Å²) >= 11 is 0. The lowest BCUT2D eigenvalue weighted by molar-refractivity contribution is -0.136. The summed E-state index contributed by atoms with van der Waals surface area (Å²) in [6.07, 6.45) is 7.05. The summed E-state index contributed by atoms with van der Waals surface area (Å²) in [5.74, 6) is 1.31. The third-order valence-electron chi connectivity index (χ3n) is 5.12. The van der Waals surface area contributed by atoms with Gasteiger partial charge in [-0.05, 0) is 46.0 Å². The summed E-state index contributed by atoms with van der Waals surface area (Å²) in [5.41, 5.74) is 3.84. The molecular weight excluding hydrogens is 292 g/mol. The van der Waals surface area contributed by atoms with E-state index in [4.69, 9.17) is 4.52 Å². The van der Waals surface area contributed by atoms with Crippen molar-refractivity contribution in [3.05, 3.63) is 23.1 Å². The first-order chi connectivity index (χ1) is 11.2. The first-order valence-corrected chi connectivity index (χ1v) is 8.44. The first-order valence-electron chi connectivity index (χ1n) is 8.44. The number of nitrogens with zero attached hydrogens (tertiary/aromatic N) is 3. The Bertz CT molecular complexity index is 729. The van der Waals surface area contributed by atoms with E-state index in [1.807, 2.05) is 13.8 Å². The van der Waals surface area contributed by atoms with Crippen molar-refractivity contribution in [3.8, 4) is 11.3 Å². The van der Waals surface area contributed by atoms with Gasteiger partial charge < -0.3 is 9.42 Å². The second-order valence-corrected chi connectivity index (χ2v) is 6.74. The maximum Gasteiger partial charge on any atom is 0.226 e. The van der Waals surface area contributed by atoms with Crippen LogP contribution in [0.1, 0.15) is 55.1 Å². The van der Waals surface area contributed by atoms with Crippen LogP contribution in [0.15, 0.2) is 10.7 Å². The second kappa shape index (κ2) is 5.51. The number of aryl methyl sites for hydroxylation is 1. The fourth-order valence-electron chi connectivity index (χ4n) is 3.46. The van der Waals surface area contributed by atoms with Gasteiger partial charge in [-0.15, -0.1) is 0 Å². The number of aromatic nitrogens is 3. The topological polar surface area (TPSA) is 75.0 Å². The number of hydrogen-bond acceptors (Lipinski definition) is 4. The molecule has 0 aromatic carbocycles. The number of carbonyl (C=O) groups is 1. The van der Waals surface area contributed by atoms with Crippen LogP contribution in [-0.4, -0.2) is 32.7 Å². The van der Waals surface area contributed by atoms with Crippen LogP contribution in [0, 0.1) is 19.8 Å². The number of amides is 1. The maximum absolute atomic E-state index is 12.6. The highest BCUT2D eigenvalue weighted by molar-refractivity contribution is 5.82.